The molecular weight excluding hydrogens is 480 g/mol. The van der Waals surface area contributed by atoms with E-state index in [2.05, 4.69) is 15.1 Å². The summed E-state index contributed by atoms with van der Waals surface area (Å²) in [5.74, 6) is 0.677. The molecule has 9 nitrogen and oxygen atoms in total. The molecule has 0 bridgehead atoms. The Morgan fingerprint density at radius 1 is 1.00 bits per heavy atom. The molecule has 0 saturated carbocycles. The second kappa shape index (κ2) is 10.7. The predicted molar refractivity (Wildman–Crippen MR) is 140 cm³/mol. The molecule has 1 unspecified atom stereocenters. The Morgan fingerprint density at radius 2 is 1.73 bits per heavy atom. The molecule has 1 atom stereocenters. The van der Waals surface area contributed by atoms with Gasteiger partial charge in [-0.1, -0.05) is 6.07 Å². The molecular formula is C26H33F2N7O2. The summed E-state index contributed by atoms with van der Waals surface area (Å²) >= 11 is 0. The van der Waals surface area contributed by atoms with Crippen molar-refractivity contribution in [3.8, 4) is 0 Å². The van der Waals surface area contributed by atoms with Crippen LogP contribution in [0.25, 0.3) is 10.9 Å². The first kappa shape index (κ1) is 25.5. The van der Waals surface area contributed by atoms with E-state index in [1.807, 2.05) is 44.1 Å². The van der Waals surface area contributed by atoms with Gasteiger partial charge >= 0.3 is 0 Å². The van der Waals surface area contributed by atoms with Crippen LogP contribution >= 0.6 is 0 Å². The third-order valence-electron chi connectivity index (χ3n) is 6.95. The van der Waals surface area contributed by atoms with Gasteiger partial charge in [-0.3, -0.25) is 9.80 Å². The standard InChI is InChI=1S/C26H33F2N7O2/c1-17-24(31-21-5-4-6-22(30-21)33-11-13-37-14-12-33)23-19(28)15-18(27)16-20(23)29-25(17)34-7-9-35(10-8-34)26(36)32(2)3/h4-6,15-16,26,36H,7-14H2,1-3H3,(H,29,30,31). The molecule has 3 aromatic rings. The monoisotopic (exact) mass is 513 g/mol. The lowest BCUT2D eigenvalue weighted by Gasteiger charge is -2.40. The number of benzene rings is 1. The highest BCUT2D eigenvalue weighted by Crippen LogP contribution is 2.37. The second-order valence-electron chi connectivity index (χ2n) is 9.66. The van der Waals surface area contributed by atoms with Gasteiger partial charge in [0.15, 0.2) is 6.35 Å². The molecule has 0 spiro atoms. The lowest BCUT2D eigenvalue weighted by atomic mass is 10.1. The number of rotatable bonds is 6. The summed E-state index contributed by atoms with van der Waals surface area (Å²) in [6.07, 6.45) is -0.668. The number of piperazine rings is 1. The molecule has 0 amide bonds. The number of halogens is 2. The summed E-state index contributed by atoms with van der Waals surface area (Å²) in [4.78, 5) is 17.4. The summed E-state index contributed by atoms with van der Waals surface area (Å²) in [7, 11) is 3.66. The molecule has 0 aliphatic carbocycles. The number of morpholine rings is 1. The molecule has 0 radical (unpaired) electrons. The van der Waals surface area contributed by atoms with Crippen molar-refractivity contribution in [3.05, 3.63) is 47.5 Å². The van der Waals surface area contributed by atoms with Crippen LogP contribution in [0.15, 0.2) is 30.3 Å². The van der Waals surface area contributed by atoms with Crippen LogP contribution in [-0.4, -0.2) is 97.8 Å². The molecule has 2 fully saturated rings. The number of aliphatic hydroxyl groups excluding tert-OH is 1. The fraction of sp³-hybridized carbons (Fsp3) is 0.462. The normalized spacial score (nSPS) is 18.0. The minimum Gasteiger partial charge on any atom is -0.378 e. The summed E-state index contributed by atoms with van der Waals surface area (Å²) < 4.78 is 34.8. The first-order chi connectivity index (χ1) is 17.8. The van der Waals surface area contributed by atoms with Crippen LogP contribution in [0.3, 0.4) is 0 Å². The van der Waals surface area contributed by atoms with Crippen molar-refractivity contribution >= 4 is 34.0 Å². The van der Waals surface area contributed by atoms with Crippen LogP contribution in [0.2, 0.25) is 0 Å². The first-order valence-electron chi connectivity index (χ1n) is 12.5. The summed E-state index contributed by atoms with van der Waals surface area (Å²) in [6.45, 7) is 7.17. The molecule has 2 aromatic heterocycles. The van der Waals surface area contributed by atoms with E-state index >= 15 is 4.39 Å². The van der Waals surface area contributed by atoms with Gasteiger partial charge in [0.05, 0.1) is 29.8 Å². The molecule has 1 aromatic carbocycles. The third kappa shape index (κ3) is 5.30. The van der Waals surface area contributed by atoms with Crippen molar-refractivity contribution in [1.82, 2.24) is 19.8 Å². The fourth-order valence-electron chi connectivity index (χ4n) is 4.94. The maximum Gasteiger partial charge on any atom is 0.165 e. The number of aromatic nitrogens is 2. The van der Waals surface area contributed by atoms with Gasteiger partial charge < -0.3 is 25.0 Å². The Bertz CT molecular complexity index is 1260. The number of fused-ring (bicyclic) bond motifs is 1. The van der Waals surface area contributed by atoms with Crippen LogP contribution in [0.1, 0.15) is 5.56 Å². The number of nitrogens with zero attached hydrogens (tertiary/aromatic N) is 6. The zero-order chi connectivity index (χ0) is 26.1. The first-order valence-corrected chi connectivity index (χ1v) is 12.5. The molecule has 2 saturated heterocycles. The summed E-state index contributed by atoms with van der Waals surface area (Å²) in [5.41, 5.74) is 1.50. The Hall–Kier alpha value is -3.12. The molecule has 2 N–H and O–H groups in total. The van der Waals surface area contributed by atoms with Crippen LogP contribution in [-0.2, 0) is 4.74 Å². The van der Waals surface area contributed by atoms with Crippen LogP contribution in [0, 0.1) is 18.6 Å². The average Bonchev–Trinajstić information content (AvgIpc) is 2.90. The van der Waals surface area contributed by atoms with Gasteiger partial charge in [-0.05, 0) is 33.2 Å². The zero-order valence-electron chi connectivity index (χ0n) is 21.4. The maximum absolute atomic E-state index is 15.1. The van der Waals surface area contributed by atoms with Crippen LogP contribution in [0.4, 0.5) is 31.9 Å². The van der Waals surface area contributed by atoms with Crippen molar-refractivity contribution < 1.29 is 18.6 Å². The van der Waals surface area contributed by atoms with E-state index in [1.165, 1.54) is 6.07 Å². The van der Waals surface area contributed by atoms with E-state index in [1.54, 1.807) is 4.90 Å². The molecule has 2 aliphatic rings. The maximum atomic E-state index is 15.1. The molecule has 5 rings (SSSR count). The van der Waals surface area contributed by atoms with Crippen molar-refractivity contribution in [2.75, 3.05) is 81.7 Å². The van der Waals surface area contributed by atoms with Gasteiger partial charge in [0, 0.05) is 57.0 Å². The Labute approximate surface area is 215 Å². The number of hydrogen-bond donors (Lipinski definition) is 2. The van der Waals surface area contributed by atoms with Crippen molar-refractivity contribution in [2.24, 2.45) is 0 Å². The highest BCUT2D eigenvalue weighted by molar-refractivity contribution is 5.97. The number of hydrogen-bond acceptors (Lipinski definition) is 9. The van der Waals surface area contributed by atoms with Gasteiger partial charge in [0.25, 0.3) is 0 Å². The van der Waals surface area contributed by atoms with Crippen LogP contribution < -0.4 is 15.1 Å². The summed E-state index contributed by atoms with van der Waals surface area (Å²) in [6, 6.07) is 7.82. The van der Waals surface area contributed by atoms with Gasteiger partial charge in [-0.25, -0.2) is 18.7 Å². The molecule has 11 heteroatoms. The summed E-state index contributed by atoms with van der Waals surface area (Å²) in [5, 5.41) is 13.9. The fourth-order valence-corrected chi connectivity index (χ4v) is 4.94. The van der Waals surface area contributed by atoms with E-state index in [-0.39, 0.29) is 10.9 Å². The van der Waals surface area contributed by atoms with E-state index in [0.29, 0.717) is 56.7 Å². The highest BCUT2D eigenvalue weighted by atomic mass is 19.1. The topological polar surface area (TPSA) is 80.2 Å². The van der Waals surface area contributed by atoms with E-state index in [4.69, 9.17) is 14.7 Å². The van der Waals surface area contributed by atoms with Gasteiger partial charge in [-0.2, -0.15) is 0 Å². The molecule has 198 valence electrons. The van der Waals surface area contributed by atoms with Crippen LogP contribution in [0.5, 0.6) is 0 Å². The van der Waals surface area contributed by atoms with E-state index < -0.39 is 18.0 Å². The molecule has 37 heavy (non-hydrogen) atoms. The van der Waals surface area contributed by atoms with Gasteiger partial charge in [0.2, 0.25) is 0 Å². The molecule has 2 aliphatic heterocycles. The van der Waals surface area contributed by atoms with Crippen molar-refractivity contribution in [1.29, 1.82) is 0 Å². The van der Waals surface area contributed by atoms with E-state index in [9.17, 15) is 9.50 Å². The SMILES string of the molecule is Cc1c(N2CCN(C(O)N(C)C)CC2)nc2cc(F)cc(F)c2c1Nc1cccc(N2CCOCC2)n1. The molecule has 4 heterocycles. The minimum absolute atomic E-state index is 0.225. The number of ether oxygens (including phenoxy) is 1. The lowest BCUT2D eigenvalue weighted by molar-refractivity contribution is -0.0919. The average molecular weight is 514 g/mol. The predicted octanol–water partition coefficient (Wildman–Crippen LogP) is 2.76. The van der Waals surface area contributed by atoms with E-state index in [0.717, 1.165) is 30.5 Å². The lowest BCUT2D eigenvalue weighted by Crippen LogP contribution is -2.54. The van der Waals surface area contributed by atoms with Crippen molar-refractivity contribution in [3.63, 3.8) is 0 Å². The Balaban J connectivity index is 1.50. The quantitative estimate of drug-likeness (QED) is 0.484. The smallest absolute Gasteiger partial charge is 0.165 e. The number of pyridine rings is 2. The largest absolute Gasteiger partial charge is 0.378 e. The Kier molecular flexibility index (Phi) is 7.38. The number of aliphatic hydroxyl groups is 1. The Morgan fingerprint density at radius 3 is 2.43 bits per heavy atom. The van der Waals surface area contributed by atoms with Gasteiger partial charge in [-0.15, -0.1) is 0 Å². The zero-order valence-corrected chi connectivity index (χ0v) is 21.4. The second-order valence-corrected chi connectivity index (χ2v) is 9.66. The number of anilines is 4. The number of nitrogens with one attached hydrogen (secondary N) is 1. The van der Waals surface area contributed by atoms with Crippen molar-refractivity contribution in [2.45, 2.75) is 13.3 Å². The third-order valence-corrected chi connectivity index (χ3v) is 6.95. The van der Waals surface area contributed by atoms with Gasteiger partial charge in [0.1, 0.15) is 29.1 Å². The minimum atomic E-state index is -0.678. The highest BCUT2D eigenvalue weighted by Gasteiger charge is 2.27.